The van der Waals surface area contributed by atoms with Crippen LogP contribution in [0.2, 0.25) is 0 Å². The first-order valence-electron chi connectivity index (χ1n) is 5.92. The standard InChI is InChI=1S/C12H21N3/c1-11(15-6-2-3-7-15)8-14-10-12-4-5-13-9-12/h4-5,9,11,13-14H,2-3,6-8,10H2,1H3. The highest BCUT2D eigenvalue weighted by Crippen LogP contribution is 2.10. The Bertz CT molecular complexity index is 262. The molecule has 0 spiro atoms. The zero-order chi connectivity index (χ0) is 10.5. The third-order valence-electron chi connectivity index (χ3n) is 3.20. The van der Waals surface area contributed by atoms with E-state index in [-0.39, 0.29) is 0 Å². The largest absolute Gasteiger partial charge is 0.367 e. The van der Waals surface area contributed by atoms with E-state index in [0.29, 0.717) is 6.04 Å². The van der Waals surface area contributed by atoms with E-state index in [1.54, 1.807) is 0 Å². The van der Waals surface area contributed by atoms with Crippen molar-refractivity contribution in [3.8, 4) is 0 Å². The summed E-state index contributed by atoms with van der Waals surface area (Å²) in [6, 6.07) is 2.79. The second kappa shape index (κ2) is 5.33. The van der Waals surface area contributed by atoms with E-state index < -0.39 is 0 Å². The maximum absolute atomic E-state index is 3.50. The molecule has 1 aromatic heterocycles. The van der Waals surface area contributed by atoms with Gasteiger partial charge in [0.2, 0.25) is 0 Å². The van der Waals surface area contributed by atoms with E-state index in [1.165, 1.54) is 31.5 Å². The number of hydrogen-bond acceptors (Lipinski definition) is 2. The van der Waals surface area contributed by atoms with Crippen LogP contribution in [0.3, 0.4) is 0 Å². The molecule has 1 aliphatic rings. The lowest BCUT2D eigenvalue weighted by atomic mass is 10.3. The van der Waals surface area contributed by atoms with E-state index >= 15 is 0 Å². The average Bonchev–Trinajstić information content (AvgIpc) is 2.90. The number of aromatic amines is 1. The lowest BCUT2D eigenvalue weighted by Gasteiger charge is -2.23. The Hall–Kier alpha value is -0.800. The van der Waals surface area contributed by atoms with Crippen LogP contribution in [0.5, 0.6) is 0 Å². The van der Waals surface area contributed by atoms with Crippen LogP contribution in [-0.2, 0) is 6.54 Å². The molecule has 84 valence electrons. The van der Waals surface area contributed by atoms with Gasteiger partial charge in [-0.2, -0.15) is 0 Å². The molecular weight excluding hydrogens is 186 g/mol. The van der Waals surface area contributed by atoms with Crippen molar-refractivity contribution in [3.05, 3.63) is 24.0 Å². The molecule has 15 heavy (non-hydrogen) atoms. The number of nitrogens with one attached hydrogen (secondary N) is 2. The fraction of sp³-hybridized carbons (Fsp3) is 0.667. The highest BCUT2D eigenvalue weighted by molar-refractivity contribution is 5.07. The van der Waals surface area contributed by atoms with Gasteiger partial charge in [-0.25, -0.2) is 0 Å². The first-order chi connectivity index (χ1) is 7.36. The zero-order valence-corrected chi connectivity index (χ0v) is 9.50. The lowest BCUT2D eigenvalue weighted by Crippen LogP contribution is -2.38. The molecule has 1 atom stereocenters. The predicted molar refractivity (Wildman–Crippen MR) is 62.8 cm³/mol. The van der Waals surface area contributed by atoms with Gasteiger partial charge in [-0.3, -0.25) is 4.90 Å². The second-order valence-electron chi connectivity index (χ2n) is 4.44. The van der Waals surface area contributed by atoms with Crippen LogP contribution >= 0.6 is 0 Å². The SMILES string of the molecule is CC(CNCc1cc[nH]c1)N1CCCC1. The number of hydrogen-bond donors (Lipinski definition) is 2. The van der Waals surface area contributed by atoms with Gasteiger partial charge in [0.05, 0.1) is 0 Å². The molecule has 0 saturated carbocycles. The number of aromatic nitrogens is 1. The summed E-state index contributed by atoms with van der Waals surface area (Å²) in [5, 5.41) is 3.50. The van der Waals surface area contributed by atoms with Crippen molar-refractivity contribution in [1.82, 2.24) is 15.2 Å². The van der Waals surface area contributed by atoms with Crippen LogP contribution in [0.4, 0.5) is 0 Å². The third kappa shape index (κ3) is 3.08. The Kier molecular flexibility index (Phi) is 3.80. The Morgan fingerprint density at radius 1 is 1.47 bits per heavy atom. The molecule has 3 heteroatoms. The normalized spacial score (nSPS) is 19.5. The summed E-state index contributed by atoms with van der Waals surface area (Å²) >= 11 is 0. The van der Waals surface area contributed by atoms with Crippen LogP contribution in [-0.4, -0.2) is 35.6 Å². The van der Waals surface area contributed by atoms with Crippen molar-refractivity contribution >= 4 is 0 Å². The van der Waals surface area contributed by atoms with E-state index in [2.05, 4.69) is 28.2 Å². The summed E-state index contributed by atoms with van der Waals surface area (Å²) in [5.41, 5.74) is 1.34. The molecule has 0 aliphatic carbocycles. The zero-order valence-electron chi connectivity index (χ0n) is 9.50. The van der Waals surface area contributed by atoms with Crippen LogP contribution in [0, 0.1) is 0 Å². The molecule has 0 radical (unpaired) electrons. The molecule has 2 heterocycles. The summed E-state index contributed by atoms with van der Waals surface area (Å²) in [5.74, 6) is 0. The van der Waals surface area contributed by atoms with Crippen molar-refractivity contribution in [3.63, 3.8) is 0 Å². The minimum atomic E-state index is 0.673. The van der Waals surface area contributed by atoms with Gasteiger partial charge in [-0.1, -0.05) is 0 Å². The summed E-state index contributed by atoms with van der Waals surface area (Å²) in [4.78, 5) is 5.65. The van der Waals surface area contributed by atoms with Crippen LogP contribution in [0.1, 0.15) is 25.3 Å². The third-order valence-corrected chi connectivity index (χ3v) is 3.20. The number of rotatable bonds is 5. The highest BCUT2D eigenvalue weighted by atomic mass is 15.2. The van der Waals surface area contributed by atoms with Gasteiger partial charge >= 0.3 is 0 Å². The van der Waals surface area contributed by atoms with E-state index in [1.807, 2.05) is 12.4 Å². The quantitative estimate of drug-likeness (QED) is 0.768. The van der Waals surface area contributed by atoms with Crippen molar-refractivity contribution in [2.75, 3.05) is 19.6 Å². The van der Waals surface area contributed by atoms with E-state index in [0.717, 1.165) is 13.1 Å². The fourth-order valence-corrected chi connectivity index (χ4v) is 2.21. The summed E-state index contributed by atoms with van der Waals surface area (Å²) in [6.45, 7) is 6.95. The van der Waals surface area contributed by atoms with Gasteiger partial charge in [0, 0.05) is 31.5 Å². The lowest BCUT2D eigenvalue weighted by molar-refractivity contribution is 0.251. The maximum Gasteiger partial charge on any atom is 0.0221 e. The van der Waals surface area contributed by atoms with Crippen molar-refractivity contribution < 1.29 is 0 Å². The van der Waals surface area contributed by atoms with Gasteiger partial charge < -0.3 is 10.3 Å². The van der Waals surface area contributed by atoms with Crippen molar-refractivity contribution in [2.24, 2.45) is 0 Å². The van der Waals surface area contributed by atoms with Crippen LogP contribution in [0.25, 0.3) is 0 Å². The summed E-state index contributed by atoms with van der Waals surface area (Å²) in [7, 11) is 0. The molecule has 1 fully saturated rings. The molecule has 3 nitrogen and oxygen atoms in total. The molecular formula is C12H21N3. The molecule has 2 rings (SSSR count). The first-order valence-corrected chi connectivity index (χ1v) is 5.92. The molecule has 1 saturated heterocycles. The topological polar surface area (TPSA) is 31.1 Å². The molecule has 1 aromatic rings. The minimum Gasteiger partial charge on any atom is -0.367 e. The summed E-state index contributed by atoms with van der Waals surface area (Å²) in [6.07, 6.45) is 6.78. The van der Waals surface area contributed by atoms with Gasteiger partial charge in [0.15, 0.2) is 0 Å². The molecule has 0 bridgehead atoms. The first kappa shape index (κ1) is 10.7. The van der Waals surface area contributed by atoms with Crippen molar-refractivity contribution in [1.29, 1.82) is 0 Å². The molecule has 1 aliphatic heterocycles. The maximum atomic E-state index is 3.50. The minimum absolute atomic E-state index is 0.673. The van der Waals surface area contributed by atoms with Gasteiger partial charge in [0.1, 0.15) is 0 Å². The summed E-state index contributed by atoms with van der Waals surface area (Å²) < 4.78 is 0. The Labute approximate surface area is 91.9 Å². The van der Waals surface area contributed by atoms with Crippen LogP contribution < -0.4 is 5.32 Å². The highest BCUT2D eigenvalue weighted by Gasteiger charge is 2.17. The molecule has 0 aromatic carbocycles. The fourth-order valence-electron chi connectivity index (χ4n) is 2.21. The Morgan fingerprint density at radius 2 is 2.27 bits per heavy atom. The molecule has 0 amide bonds. The predicted octanol–water partition coefficient (Wildman–Crippen LogP) is 1.59. The monoisotopic (exact) mass is 207 g/mol. The Balaban J connectivity index is 1.64. The van der Waals surface area contributed by atoms with Crippen molar-refractivity contribution in [2.45, 2.75) is 32.4 Å². The number of nitrogens with zero attached hydrogens (tertiary/aromatic N) is 1. The van der Waals surface area contributed by atoms with Gasteiger partial charge in [0.25, 0.3) is 0 Å². The van der Waals surface area contributed by atoms with Gasteiger partial charge in [-0.15, -0.1) is 0 Å². The smallest absolute Gasteiger partial charge is 0.0221 e. The number of H-pyrrole nitrogens is 1. The van der Waals surface area contributed by atoms with Gasteiger partial charge in [-0.05, 0) is 44.5 Å². The number of likely N-dealkylation sites (tertiary alicyclic amines) is 1. The van der Waals surface area contributed by atoms with E-state index in [9.17, 15) is 0 Å². The second-order valence-corrected chi connectivity index (χ2v) is 4.44. The Morgan fingerprint density at radius 3 is 2.93 bits per heavy atom. The molecule has 2 N–H and O–H groups in total. The molecule has 1 unspecified atom stereocenters. The average molecular weight is 207 g/mol. The van der Waals surface area contributed by atoms with E-state index in [4.69, 9.17) is 0 Å². The van der Waals surface area contributed by atoms with Crippen LogP contribution in [0.15, 0.2) is 18.5 Å².